The number of rotatable bonds is 5. The van der Waals surface area contributed by atoms with Crippen LogP contribution in [0.15, 0.2) is 58.9 Å². The van der Waals surface area contributed by atoms with Gasteiger partial charge in [-0.2, -0.15) is 0 Å². The molecule has 0 aliphatic carbocycles. The van der Waals surface area contributed by atoms with Gasteiger partial charge in [-0.1, -0.05) is 0 Å². The van der Waals surface area contributed by atoms with Crippen molar-refractivity contribution < 1.29 is 37.9 Å². The van der Waals surface area contributed by atoms with Crippen LogP contribution in [0.3, 0.4) is 0 Å². The van der Waals surface area contributed by atoms with Gasteiger partial charge in [-0.25, -0.2) is 14.0 Å². The molecule has 9 heteroatoms. The highest BCUT2D eigenvalue weighted by Crippen LogP contribution is 2.34. The Hall–Kier alpha value is -3.46. The maximum Gasteiger partial charge on any atom is 0.408 e. The molecule has 0 unspecified atom stereocenters. The molecular formula is C22H18BrFNO6+. The molecule has 1 heterocycles. The van der Waals surface area contributed by atoms with E-state index < -0.39 is 29.2 Å². The molecule has 0 aliphatic rings. The van der Waals surface area contributed by atoms with Gasteiger partial charge in [0.1, 0.15) is 11.6 Å². The highest BCUT2D eigenvalue weighted by atomic mass is 79.9. The molecule has 2 aromatic carbocycles. The molecule has 0 amide bonds. The van der Waals surface area contributed by atoms with Crippen LogP contribution in [0.1, 0.15) is 0 Å². The summed E-state index contributed by atoms with van der Waals surface area (Å²) in [6, 6.07) is 11.0. The van der Waals surface area contributed by atoms with Crippen LogP contribution in [0.25, 0.3) is 27.7 Å². The fourth-order valence-corrected chi connectivity index (χ4v) is 3.85. The van der Waals surface area contributed by atoms with Crippen LogP contribution in [0, 0.1) is 5.82 Å². The van der Waals surface area contributed by atoms with Crippen molar-refractivity contribution in [3.05, 3.63) is 64.7 Å². The standard InChI is InChI=1S/C22H17BrFNO6/c1-29-15-7-4-12(5-8-15)18-17(23)16-9-6-14(24)10-13(16)11-25(18)19(21(27)30-2)20(26)22(28)31-3/h4-11H,1-3H3/p+1. The minimum atomic E-state index is -1.14. The van der Waals surface area contributed by atoms with E-state index in [0.29, 0.717) is 32.3 Å². The maximum atomic E-state index is 13.9. The zero-order valence-electron chi connectivity index (χ0n) is 16.8. The van der Waals surface area contributed by atoms with E-state index in [2.05, 4.69) is 20.7 Å². The SMILES string of the molecule is COC(=O)/C(O)=C(\C(=O)OC)[n+]1cc2cc(F)ccc2c(Br)c1-c1ccc(OC)cc1. The molecular weight excluding hydrogens is 473 g/mol. The molecule has 1 aromatic heterocycles. The number of nitrogens with zero attached hydrogens (tertiary/aromatic N) is 1. The van der Waals surface area contributed by atoms with Gasteiger partial charge in [-0.3, -0.25) is 0 Å². The van der Waals surface area contributed by atoms with Crippen molar-refractivity contribution in [2.75, 3.05) is 21.3 Å². The molecule has 160 valence electrons. The zero-order chi connectivity index (χ0) is 22.7. The second-order valence-electron chi connectivity index (χ2n) is 6.30. The number of hydrogen-bond acceptors (Lipinski definition) is 6. The van der Waals surface area contributed by atoms with Crippen LogP contribution in [-0.2, 0) is 19.1 Å². The maximum absolute atomic E-state index is 13.9. The molecule has 0 spiro atoms. The number of ether oxygens (including phenoxy) is 3. The molecule has 1 N–H and O–H groups in total. The third-order valence-electron chi connectivity index (χ3n) is 4.55. The molecule has 0 saturated heterocycles. The molecule has 3 aromatic rings. The van der Waals surface area contributed by atoms with E-state index in [9.17, 15) is 19.1 Å². The van der Waals surface area contributed by atoms with Crippen LogP contribution in [0.2, 0.25) is 0 Å². The van der Waals surface area contributed by atoms with E-state index in [-0.39, 0.29) is 0 Å². The number of aromatic nitrogens is 1. The van der Waals surface area contributed by atoms with Gasteiger partial charge in [-0.05, 0) is 58.4 Å². The first kappa shape index (κ1) is 22.2. The Kier molecular flexibility index (Phi) is 6.55. The van der Waals surface area contributed by atoms with Crippen LogP contribution in [0.5, 0.6) is 5.75 Å². The summed E-state index contributed by atoms with van der Waals surface area (Å²) >= 11 is 3.53. The number of benzene rings is 2. The van der Waals surface area contributed by atoms with Crippen LogP contribution in [-0.4, -0.2) is 38.4 Å². The van der Waals surface area contributed by atoms with E-state index in [1.54, 1.807) is 30.3 Å². The van der Waals surface area contributed by atoms with E-state index in [1.807, 2.05) is 0 Å². The highest BCUT2D eigenvalue weighted by Gasteiger charge is 2.36. The zero-order valence-corrected chi connectivity index (χ0v) is 18.4. The van der Waals surface area contributed by atoms with E-state index in [0.717, 1.165) is 14.2 Å². The molecule has 0 saturated carbocycles. The normalized spacial score (nSPS) is 11.6. The van der Waals surface area contributed by atoms with Gasteiger partial charge in [0.25, 0.3) is 5.76 Å². The second-order valence-corrected chi connectivity index (χ2v) is 7.10. The number of fused-ring (bicyclic) bond motifs is 1. The Morgan fingerprint density at radius 2 is 1.65 bits per heavy atom. The van der Waals surface area contributed by atoms with E-state index in [1.165, 1.54) is 30.0 Å². The lowest BCUT2D eigenvalue weighted by molar-refractivity contribution is -0.566. The first-order chi connectivity index (χ1) is 14.8. The lowest BCUT2D eigenvalue weighted by Crippen LogP contribution is -2.41. The fraction of sp³-hybridized carbons (Fsp3) is 0.136. The summed E-state index contributed by atoms with van der Waals surface area (Å²) in [5.74, 6) is -2.98. The Balaban J connectivity index is 2.46. The molecule has 0 bridgehead atoms. The Bertz CT molecular complexity index is 1210. The topological polar surface area (TPSA) is 85.9 Å². The summed E-state index contributed by atoms with van der Waals surface area (Å²) < 4.78 is 30.2. The number of methoxy groups -OCH3 is 3. The Morgan fingerprint density at radius 1 is 1.00 bits per heavy atom. The van der Waals surface area contributed by atoms with Gasteiger partial charge in [0.2, 0.25) is 5.69 Å². The molecule has 7 nitrogen and oxygen atoms in total. The van der Waals surface area contributed by atoms with Crippen molar-refractivity contribution in [1.29, 1.82) is 0 Å². The molecule has 0 atom stereocenters. The van der Waals surface area contributed by atoms with Gasteiger partial charge in [0, 0.05) is 10.9 Å². The minimum Gasteiger partial charge on any atom is -0.497 e. The third-order valence-corrected chi connectivity index (χ3v) is 5.36. The van der Waals surface area contributed by atoms with Crippen molar-refractivity contribution in [2.24, 2.45) is 0 Å². The first-order valence-electron chi connectivity index (χ1n) is 8.90. The number of carbonyl (C=O) groups excluding carboxylic acids is 2. The number of carbonyl (C=O) groups is 2. The number of pyridine rings is 1. The van der Waals surface area contributed by atoms with Crippen molar-refractivity contribution in [2.45, 2.75) is 0 Å². The quantitative estimate of drug-likeness (QED) is 0.253. The van der Waals surface area contributed by atoms with Crippen molar-refractivity contribution in [1.82, 2.24) is 0 Å². The summed E-state index contributed by atoms with van der Waals surface area (Å²) in [6.07, 6.45) is 1.42. The number of hydrogen-bond donors (Lipinski definition) is 1. The molecule has 0 fully saturated rings. The minimum absolute atomic E-state index is 0.401. The smallest absolute Gasteiger partial charge is 0.408 e. The summed E-state index contributed by atoms with van der Waals surface area (Å²) in [7, 11) is 3.70. The Morgan fingerprint density at radius 3 is 2.23 bits per heavy atom. The van der Waals surface area contributed by atoms with Gasteiger partial charge in [0.05, 0.1) is 31.2 Å². The third kappa shape index (κ3) is 4.22. The second kappa shape index (κ2) is 9.13. The number of aliphatic hydroxyl groups excluding tert-OH is 1. The number of aliphatic hydroxyl groups is 1. The summed E-state index contributed by atoms with van der Waals surface area (Å²) in [4.78, 5) is 24.6. The lowest BCUT2D eigenvalue weighted by Gasteiger charge is -2.11. The van der Waals surface area contributed by atoms with Gasteiger partial charge in [0.15, 0.2) is 6.20 Å². The molecule has 0 aliphatic heterocycles. The monoisotopic (exact) mass is 490 g/mol. The predicted molar refractivity (Wildman–Crippen MR) is 114 cm³/mol. The van der Waals surface area contributed by atoms with Gasteiger partial charge in [-0.15, -0.1) is 4.57 Å². The highest BCUT2D eigenvalue weighted by molar-refractivity contribution is 9.10. The average molecular weight is 491 g/mol. The van der Waals surface area contributed by atoms with E-state index >= 15 is 0 Å². The average Bonchev–Trinajstić information content (AvgIpc) is 2.78. The predicted octanol–water partition coefficient (Wildman–Crippen LogP) is 3.78. The summed E-state index contributed by atoms with van der Waals surface area (Å²) in [5, 5.41) is 11.5. The molecule has 0 radical (unpaired) electrons. The lowest BCUT2D eigenvalue weighted by atomic mass is 10.1. The van der Waals surface area contributed by atoms with Crippen LogP contribution >= 0.6 is 15.9 Å². The fourth-order valence-electron chi connectivity index (χ4n) is 3.07. The molecule has 31 heavy (non-hydrogen) atoms. The number of halogens is 2. The van der Waals surface area contributed by atoms with Crippen molar-refractivity contribution in [3.63, 3.8) is 0 Å². The van der Waals surface area contributed by atoms with Crippen molar-refractivity contribution in [3.8, 4) is 17.0 Å². The van der Waals surface area contributed by atoms with Gasteiger partial charge < -0.3 is 19.3 Å². The largest absolute Gasteiger partial charge is 0.497 e. The van der Waals surface area contributed by atoms with Crippen LogP contribution in [0.4, 0.5) is 4.39 Å². The van der Waals surface area contributed by atoms with Crippen LogP contribution < -0.4 is 9.30 Å². The van der Waals surface area contributed by atoms with Gasteiger partial charge >= 0.3 is 17.6 Å². The summed E-state index contributed by atoms with van der Waals surface area (Å²) in [6.45, 7) is 0. The van der Waals surface area contributed by atoms with Crippen molar-refractivity contribution >= 4 is 44.3 Å². The van der Waals surface area contributed by atoms with E-state index in [4.69, 9.17) is 9.47 Å². The number of esters is 2. The Labute approximate surface area is 185 Å². The summed E-state index contributed by atoms with van der Waals surface area (Å²) in [5.41, 5.74) is 0.516. The molecule has 3 rings (SSSR count). The first-order valence-corrected chi connectivity index (χ1v) is 9.69.